The number of carbonyl (C=O) groups excluding carboxylic acids is 1. The third-order valence-electron chi connectivity index (χ3n) is 3.53. The molecule has 118 valence electrons. The molecule has 20 heavy (non-hydrogen) atoms. The molecule has 0 aromatic rings. The SMILES string of the molecule is O=C(C1CCCCC1C(F)(F)F)N(CCCl)CC(F)F. The maximum absolute atomic E-state index is 12.9. The molecular weight excluding hydrogens is 305 g/mol. The smallest absolute Gasteiger partial charge is 0.336 e. The van der Waals surface area contributed by atoms with Crippen molar-refractivity contribution in [1.82, 2.24) is 4.90 Å². The Morgan fingerprint density at radius 2 is 1.85 bits per heavy atom. The molecule has 1 amide bonds. The number of amides is 1. The molecule has 0 saturated heterocycles. The normalized spacial score (nSPS) is 23.9. The molecular formula is C12H17ClF5NO. The molecule has 0 bridgehead atoms. The second-order valence-electron chi connectivity index (χ2n) is 4.90. The lowest BCUT2D eigenvalue weighted by Gasteiger charge is -2.35. The third kappa shape index (κ3) is 4.75. The standard InChI is InChI=1S/C12H17ClF5NO/c13-5-6-19(7-10(14)15)11(20)8-3-1-2-4-9(8)12(16,17)18/h8-10H,1-7H2. The second-order valence-corrected chi connectivity index (χ2v) is 5.28. The minimum absolute atomic E-state index is 0.0815. The van der Waals surface area contributed by atoms with Gasteiger partial charge in [0.05, 0.1) is 12.5 Å². The summed E-state index contributed by atoms with van der Waals surface area (Å²) in [4.78, 5) is 12.9. The number of alkyl halides is 6. The Balaban J connectivity index is 2.83. The van der Waals surface area contributed by atoms with Gasteiger partial charge in [-0.1, -0.05) is 12.8 Å². The highest BCUT2D eigenvalue weighted by molar-refractivity contribution is 6.18. The van der Waals surface area contributed by atoms with Crippen LogP contribution in [0.4, 0.5) is 22.0 Å². The number of rotatable bonds is 5. The highest BCUT2D eigenvalue weighted by atomic mass is 35.5. The molecule has 2 unspecified atom stereocenters. The molecule has 2 nitrogen and oxygen atoms in total. The maximum Gasteiger partial charge on any atom is 0.392 e. The molecule has 2 atom stereocenters. The Kier molecular flexibility index (Phi) is 6.48. The van der Waals surface area contributed by atoms with E-state index in [0.29, 0.717) is 12.8 Å². The summed E-state index contributed by atoms with van der Waals surface area (Å²) in [6, 6.07) is 0. The van der Waals surface area contributed by atoms with E-state index in [-0.39, 0.29) is 25.3 Å². The van der Waals surface area contributed by atoms with Crippen LogP contribution in [-0.2, 0) is 4.79 Å². The summed E-state index contributed by atoms with van der Waals surface area (Å²) < 4.78 is 63.6. The predicted molar refractivity (Wildman–Crippen MR) is 64.8 cm³/mol. The summed E-state index contributed by atoms with van der Waals surface area (Å²) in [5.41, 5.74) is 0. The number of carbonyl (C=O) groups is 1. The molecule has 0 spiro atoms. The second kappa shape index (κ2) is 7.43. The monoisotopic (exact) mass is 321 g/mol. The van der Waals surface area contributed by atoms with E-state index in [0.717, 1.165) is 4.90 Å². The number of hydrogen-bond acceptors (Lipinski definition) is 1. The molecule has 8 heteroatoms. The van der Waals surface area contributed by atoms with Gasteiger partial charge in [0.15, 0.2) is 0 Å². The molecule has 0 N–H and O–H groups in total. The van der Waals surface area contributed by atoms with Gasteiger partial charge in [0, 0.05) is 18.3 Å². The first-order valence-corrected chi connectivity index (χ1v) is 7.00. The van der Waals surface area contributed by atoms with Gasteiger partial charge in [-0.25, -0.2) is 8.78 Å². The number of nitrogens with zero attached hydrogens (tertiary/aromatic N) is 1. The van der Waals surface area contributed by atoms with E-state index in [1.54, 1.807) is 0 Å². The largest absolute Gasteiger partial charge is 0.392 e. The first-order valence-electron chi connectivity index (χ1n) is 6.47. The van der Waals surface area contributed by atoms with Crippen molar-refractivity contribution in [1.29, 1.82) is 0 Å². The van der Waals surface area contributed by atoms with E-state index < -0.39 is 36.9 Å². The minimum atomic E-state index is -4.47. The van der Waals surface area contributed by atoms with Crippen molar-refractivity contribution in [3.8, 4) is 0 Å². The predicted octanol–water partition coefficient (Wildman–Crippen LogP) is 3.69. The Morgan fingerprint density at radius 1 is 1.25 bits per heavy atom. The van der Waals surface area contributed by atoms with Crippen LogP contribution in [0.15, 0.2) is 0 Å². The van der Waals surface area contributed by atoms with Gasteiger partial charge >= 0.3 is 6.18 Å². The van der Waals surface area contributed by atoms with Crippen LogP contribution in [0.25, 0.3) is 0 Å². The molecule has 1 rings (SSSR count). The fourth-order valence-corrected chi connectivity index (χ4v) is 2.82. The van der Waals surface area contributed by atoms with Crippen LogP contribution in [0.5, 0.6) is 0 Å². The van der Waals surface area contributed by atoms with Crippen molar-refractivity contribution >= 4 is 17.5 Å². The topological polar surface area (TPSA) is 20.3 Å². The van der Waals surface area contributed by atoms with E-state index in [1.807, 2.05) is 0 Å². The van der Waals surface area contributed by atoms with E-state index in [4.69, 9.17) is 11.6 Å². The van der Waals surface area contributed by atoms with Crippen molar-refractivity contribution in [2.75, 3.05) is 19.0 Å². The van der Waals surface area contributed by atoms with Crippen molar-refractivity contribution in [3.63, 3.8) is 0 Å². The summed E-state index contributed by atoms with van der Waals surface area (Å²) in [5.74, 6) is -3.93. The molecule has 1 aliphatic carbocycles. The lowest BCUT2D eigenvalue weighted by molar-refractivity contribution is -0.201. The Labute approximate surface area is 119 Å². The van der Waals surface area contributed by atoms with Gasteiger partial charge < -0.3 is 4.90 Å². The van der Waals surface area contributed by atoms with Crippen LogP contribution >= 0.6 is 11.6 Å². The van der Waals surface area contributed by atoms with E-state index in [2.05, 4.69) is 0 Å². The Bertz CT molecular complexity index is 323. The van der Waals surface area contributed by atoms with Crippen molar-refractivity contribution < 1.29 is 26.7 Å². The average Bonchev–Trinajstić information content (AvgIpc) is 2.36. The number of hydrogen-bond donors (Lipinski definition) is 0. The van der Waals surface area contributed by atoms with E-state index >= 15 is 0 Å². The van der Waals surface area contributed by atoms with Gasteiger partial charge in [0.1, 0.15) is 0 Å². The fraction of sp³-hybridized carbons (Fsp3) is 0.917. The first kappa shape index (κ1) is 17.5. The average molecular weight is 322 g/mol. The van der Waals surface area contributed by atoms with Crippen LogP contribution < -0.4 is 0 Å². The van der Waals surface area contributed by atoms with Gasteiger partial charge in [-0.3, -0.25) is 4.79 Å². The quantitative estimate of drug-likeness (QED) is 0.558. The van der Waals surface area contributed by atoms with Crippen LogP contribution in [0.2, 0.25) is 0 Å². The molecule has 1 fully saturated rings. The highest BCUT2D eigenvalue weighted by Gasteiger charge is 2.48. The lowest BCUT2D eigenvalue weighted by atomic mass is 9.78. The molecule has 1 aliphatic rings. The van der Waals surface area contributed by atoms with Gasteiger partial charge in [-0.2, -0.15) is 13.2 Å². The van der Waals surface area contributed by atoms with E-state index in [1.165, 1.54) is 0 Å². The molecule has 0 aromatic carbocycles. The van der Waals surface area contributed by atoms with Gasteiger partial charge in [0.2, 0.25) is 5.91 Å². The van der Waals surface area contributed by atoms with Crippen LogP contribution in [-0.4, -0.2) is 42.4 Å². The zero-order chi connectivity index (χ0) is 15.3. The summed E-state index contributed by atoms with van der Waals surface area (Å²) >= 11 is 5.43. The summed E-state index contributed by atoms with van der Waals surface area (Å²) in [6.45, 7) is -1.03. The van der Waals surface area contributed by atoms with Gasteiger partial charge in [0.25, 0.3) is 6.43 Å². The molecule has 0 aliphatic heterocycles. The van der Waals surface area contributed by atoms with Crippen LogP contribution in [0.1, 0.15) is 25.7 Å². The minimum Gasteiger partial charge on any atom is -0.336 e. The molecule has 0 radical (unpaired) electrons. The van der Waals surface area contributed by atoms with Crippen molar-refractivity contribution in [3.05, 3.63) is 0 Å². The van der Waals surface area contributed by atoms with Crippen LogP contribution in [0, 0.1) is 11.8 Å². The van der Waals surface area contributed by atoms with Gasteiger partial charge in [-0.15, -0.1) is 11.6 Å². The highest BCUT2D eigenvalue weighted by Crippen LogP contribution is 2.42. The molecule has 1 saturated carbocycles. The molecule has 0 aromatic heterocycles. The fourth-order valence-electron chi connectivity index (χ4n) is 2.61. The van der Waals surface area contributed by atoms with Crippen molar-refractivity contribution in [2.45, 2.75) is 38.3 Å². The zero-order valence-corrected chi connectivity index (χ0v) is 11.6. The van der Waals surface area contributed by atoms with E-state index in [9.17, 15) is 26.7 Å². The summed E-state index contributed by atoms with van der Waals surface area (Å²) in [5, 5.41) is 0. The third-order valence-corrected chi connectivity index (χ3v) is 3.70. The number of halogens is 6. The summed E-state index contributed by atoms with van der Waals surface area (Å²) in [7, 11) is 0. The Morgan fingerprint density at radius 3 is 2.35 bits per heavy atom. The molecule has 0 heterocycles. The lowest BCUT2D eigenvalue weighted by Crippen LogP contribution is -2.46. The summed E-state index contributed by atoms with van der Waals surface area (Å²) in [6.07, 6.45) is -6.38. The Hall–Kier alpha value is -0.590. The van der Waals surface area contributed by atoms with Crippen molar-refractivity contribution in [2.24, 2.45) is 11.8 Å². The first-order chi connectivity index (χ1) is 9.27. The zero-order valence-electron chi connectivity index (χ0n) is 10.8. The van der Waals surface area contributed by atoms with Crippen LogP contribution in [0.3, 0.4) is 0 Å². The maximum atomic E-state index is 12.9. The van der Waals surface area contributed by atoms with Gasteiger partial charge in [-0.05, 0) is 12.8 Å².